The highest BCUT2D eigenvalue weighted by atomic mass is 19.4. The number of amides is 2. The molecule has 1 aromatic heterocycles. The highest BCUT2D eigenvalue weighted by Crippen LogP contribution is 2.32. The Kier molecular flexibility index (Phi) is 5.95. The molecule has 5 rings (SSSR count). The molecule has 2 aliphatic heterocycles. The summed E-state index contributed by atoms with van der Waals surface area (Å²) in [6.07, 6.45) is -4.86. The molecule has 2 amide bonds. The number of alkyl halides is 3. The van der Waals surface area contributed by atoms with Gasteiger partial charge in [-0.05, 0) is 35.9 Å². The number of nitrogens with one attached hydrogen (secondary N) is 1. The number of aromatic amines is 1. The molecule has 0 unspecified atom stereocenters. The SMILES string of the molecule is O=C(OCc1ccc(OCC(F)(F)F)cc1)N1C[C@@H]2CN(C(=O)c3ccc4n[nH]nc4c3)C[C@H]2C1. The van der Waals surface area contributed by atoms with Crippen LogP contribution in [0.2, 0.25) is 0 Å². The van der Waals surface area contributed by atoms with Crippen molar-refractivity contribution in [1.29, 1.82) is 0 Å². The zero-order valence-corrected chi connectivity index (χ0v) is 18.5. The molecule has 0 bridgehead atoms. The number of rotatable bonds is 5. The first-order valence-electron chi connectivity index (χ1n) is 11.1. The number of carbonyl (C=O) groups is 2. The van der Waals surface area contributed by atoms with Gasteiger partial charge in [0.2, 0.25) is 0 Å². The fourth-order valence-electron chi connectivity index (χ4n) is 4.55. The summed E-state index contributed by atoms with van der Waals surface area (Å²) >= 11 is 0. The van der Waals surface area contributed by atoms with Gasteiger partial charge >= 0.3 is 12.3 Å². The van der Waals surface area contributed by atoms with Gasteiger partial charge in [0.25, 0.3) is 5.91 Å². The van der Waals surface area contributed by atoms with Crippen LogP contribution in [0.1, 0.15) is 15.9 Å². The summed E-state index contributed by atoms with van der Waals surface area (Å²) in [5, 5.41) is 10.5. The second-order valence-electron chi connectivity index (χ2n) is 8.76. The average molecular weight is 489 g/mol. The second kappa shape index (κ2) is 9.08. The molecule has 3 aromatic rings. The Labute approximate surface area is 197 Å². The van der Waals surface area contributed by atoms with Crippen LogP contribution < -0.4 is 4.74 Å². The maximum absolute atomic E-state index is 12.9. The van der Waals surface area contributed by atoms with E-state index in [0.717, 1.165) is 0 Å². The first-order valence-corrected chi connectivity index (χ1v) is 11.1. The first-order chi connectivity index (χ1) is 16.7. The molecule has 0 radical (unpaired) electrons. The van der Waals surface area contributed by atoms with E-state index in [1.807, 2.05) is 4.90 Å². The van der Waals surface area contributed by atoms with E-state index in [2.05, 4.69) is 20.1 Å². The number of ether oxygens (including phenoxy) is 2. The van der Waals surface area contributed by atoms with Gasteiger partial charge in [-0.25, -0.2) is 4.79 Å². The van der Waals surface area contributed by atoms with E-state index in [9.17, 15) is 22.8 Å². The van der Waals surface area contributed by atoms with E-state index < -0.39 is 18.9 Å². The Morgan fingerprint density at radius 3 is 2.29 bits per heavy atom. The molecular formula is C23H22F3N5O4. The van der Waals surface area contributed by atoms with Crippen LogP contribution in [0.15, 0.2) is 42.5 Å². The van der Waals surface area contributed by atoms with Gasteiger partial charge in [-0.3, -0.25) is 4.79 Å². The van der Waals surface area contributed by atoms with Crippen molar-refractivity contribution in [3.05, 3.63) is 53.6 Å². The van der Waals surface area contributed by atoms with Gasteiger partial charge in [0, 0.05) is 43.6 Å². The molecule has 2 atom stereocenters. The van der Waals surface area contributed by atoms with Gasteiger partial charge in [-0.15, -0.1) is 0 Å². The molecule has 2 aliphatic rings. The second-order valence-corrected chi connectivity index (χ2v) is 8.76. The lowest BCUT2D eigenvalue weighted by atomic mass is 10.0. The third kappa shape index (κ3) is 5.15. The van der Waals surface area contributed by atoms with Gasteiger partial charge in [-0.2, -0.15) is 28.6 Å². The van der Waals surface area contributed by atoms with Gasteiger partial charge in [-0.1, -0.05) is 12.1 Å². The smallest absolute Gasteiger partial charge is 0.422 e. The fourth-order valence-corrected chi connectivity index (χ4v) is 4.55. The normalized spacial score (nSPS) is 19.7. The van der Waals surface area contributed by atoms with Crippen molar-refractivity contribution in [3.8, 4) is 5.75 Å². The van der Waals surface area contributed by atoms with Crippen LogP contribution in [0.25, 0.3) is 11.0 Å². The minimum absolute atomic E-state index is 0.000642. The van der Waals surface area contributed by atoms with Crippen molar-refractivity contribution in [1.82, 2.24) is 25.2 Å². The molecule has 2 aromatic carbocycles. The molecule has 9 nitrogen and oxygen atoms in total. The van der Waals surface area contributed by atoms with Crippen molar-refractivity contribution in [2.45, 2.75) is 12.8 Å². The van der Waals surface area contributed by atoms with Gasteiger partial charge in [0.05, 0.1) is 0 Å². The molecule has 2 fully saturated rings. The number of aromatic nitrogens is 3. The zero-order valence-electron chi connectivity index (χ0n) is 18.5. The lowest BCUT2D eigenvalue weighted by molar-refractivity contribution is -0.153. The summed E-state index contributed by atoms with van der Waals surface area (Å²) in [6, 6.07) is 11.1. The number of benzene rings is 2. The Balaban J connectivity index is 1.09. The Morgan fingerprint density at radius 2 is 1.60 bits per heavy atom. The predicted molar refractivity (Wildman–Crippen MR) is 117 cm³/mol. The maximum Gasteiger partial charge on any atom is 0.422 e. The van der Waals surface area contributed by atoms with Crippen LogP contribution in [0.3, 0.4) is 0 Å². The van der Waals surface area contributed by atoms with E-state index in [-0.39, 0.29) is 30.1 Å². The minimum atomic E-state index is -4.40. The number of likely N-dealkylation sites (tertiary alicyclic amines) is 2. The number of hydrogen-bond donors (Lipinski definition) is 1. The van der Waals surface area contributed by atoms with Crippen molar-refractivity contribution in [2.75, 3.05) is 32.8 Å². The highest BCUT2D eigenvalue weighted by molar-refractivity contribution is 5.97. The molecule has 2 saturated heterocycles. The van der Waals surface area contributed by atoms with E-state index >= 15 is 0 Å². The van der Waals surface area contributed by atoms with Crippen molar-refractivity contribution in [3.63, 3.8) is 0 Å². The van der Waals surface area contributed by atoms with E-state index in [0.29, 0.717) is 48.3 Å². The van der Waals surface area contributed by atoms with Gasteiger partial charge in [0.15, 0.2) is 6.61 Å². The largest absolute Gasteiger partial charge is 0.484 e. The highest BCUT2D eigenvalue weighted by Gasteiger charge is 2.43. The number of halogens is 3. The van der Waals surface area contributed by atoms with Gasteiger partial charge in [0.1, 0.15) is 23.4 Å². The van der Waals surface area contributed by atoms with Crippen LogP contribution in [0, 0.1) is 11.8 Å². The van der Waals surface area contributed by atoms with Gasteiger partial charge < -0.3 is 19.3 Å². The average Bonchev–Trinajstić information content (AvgIpc) is 3.55. The van der Waals surface area contributed by atoms with E-state index in [1.54, 1.807) is 35.2 Å². The lowest BCUT2D eigenvalue weighted by Crippen LogP contribution is -2.35. The number of fused-ring (bicyclic) bond motifs is 2. The van der Waals surface area contributed by atoms with E-state index in [4.69, 9.17) is 4.74 Å². The summed E-state index contributed by atoms with van der Waals surface area (Å²) in [7, 11) is 0. The summed E-state index contributed by atoms with van der Waals surface area (Å²) in [4.78, 5) is 28.9. The summed E-state index contributed by atoms with van der Waals surface area (Å²) < 4.78 is 46.7. The summed E-state index contributed by atoms with van der Waals surface area (Å²) in [6.45, 7) is 0.754. The maximum atomic E-state index is 12.9. The summed E-state index contributed by atoms with van der Waals surface area (Å²) in [5.41, 5.74) is 2.52. The monoisotopic (exact) mass is 489 g/mol. The standard InChI is InChI=1S/C23H22F3N5O4/c24-23(25,26)13-35-18-4-1-14(2-5-18)12-34-22(33)31-10-16-8-30(9-17(16)11-31)21(32)15-3-6-19-20(7-15)28-29-27-19/h1-7,16-17H,8-13H2,(H,27,28,29)/t16-,17-/m0/s1. The van der Waals surface area contributed by atoms with Crippen LogP contribution in [0.4, 0.5) is 18.0 Å². The van der Waals surface area contributed by atoms with Crippen molar-refractivity contribution >= 4 is 23.0 Å². The van der Waals surface area contributed by atoms with Crippen molar-refractivity contribution < 1.29 is 32.2 Å². The van der Waals surface area contributed by atoms with Crippen LogP contribution in [-0.4, -0.2) is 76.2 Å². The third-order valence-corrected chi connectivity index (χ3v) is 6.28. The molecule has 0 spiro atoms. The Hall–Kier alpha value is -3.83. The molecule has 0 aliphatic carbocycles. The van der Waals surface area contributed by atoms with Crippen molar-refractivity contribution in [2.24, 2.45) is 11.8 Å². The third-order valence-electron chi connectivity index (χ3n) is 6.28. The molecule has 0 saturated carbocycles. The lowest BCUT2D eigenvalue weighted by Gasteiger charge is -2.21. The summed E-state index contributed by atoms with van der Waals surface area (Å²) in [5.74, 6) is 0.366. The number of carbonyl (C=O) groups excluding carboxylic acids is 2. The first kappa shape index (κ1) is 22.9. The number of hydrogen-bond acceptors (Lipinski definition) is 6. The molecular weight excluding hydrogens is 467 g/mol. The van der Waals surface area contributed by atoms with Crippen LogP contribution in [0.5, 0.6) is 5.75 Å². The van der Waals surface area contributed by atoms with Crippen LogP contribution >= 0.6 is 0 Å². The molecule has 12 heteroatoms. The molecule has 1 N–H and O–H groups in total. The minimum Gasteiger partial charge on any atom is -0.484 e. The molecule has 35 heavy (non-hydrogen) atoms. The molecule has 184 valence electrons. The number of H-pyrrole nitrogens is 1. The fraction of sp³-hybridized carbons (Fsp3) is 0.391. The Morgan fingerprint density at radius 1 is 0.943 bits per heavy atom. The Bertz CT molecular complexity index is 1220. The van der Waals surface area contributed by atoms with E-state index in [1.165, 1.54) is 12.1 Å². The van der Waals surface area contributed by atoms with Crippen LogP contribution in [-0.2, 0) is 11.3 Å². The zero-order chi connectivity index (χ0) is 24.6. The number of nitrogens with zero attached hydrogens (tertiary/aromatic N) is 4. The topological polar surface area (TPSA) is 101 Å². The predicted octanol–water partition coefficient (Wildman–Crippen LogP) is 3.24. The quantitative estimate of drug-likeness (QED) is 0.591. The molecule has 3 heterocycles.